The van der Waals surface area contributed by atoms with Gasteiger partial charge in [-0.05, 0) is 46.8 Å². The second-order valence-electron chi connectivity index (χ2n) is 7.26. The van der Waals surface area contributed by atoms with E-state index in [4.69, 9.17) is 4.74 Å². The molecule has 1 heterocycles. The number of aryl methyl sites for hydroxylation is 1. The minimum atomic E-state index is -3.75. The van der Waals surface area contributed by atoms with E-state index in [9.17, 15) is 13.2 Å². The number of anilines is 1. The van der Waals surface area contributed by atoms with Gasteiger partial charge in [0.2, 0.25) is 15.9 Å². The third-order valence-corrected chi connectivity index (χ3v) is 5.71. The second-order valence-corrected chi connectivity index (χ2v) is 8.88. The molecule has 0 fully saturated rings. The Kier molecular flexibility index (Phi) is 5.96. The predicted octanol–water partition coefficient (Wildman–Crippen LogP) is 2.22. The number of carbonyl (C=O) groups is 1. The first-order valence-corrected chi connectivity index (χ1v) is 9.94. The molecule has 0 atom stereocenters. The van der Waals surface area contributed by atoms with Crippen LogP contribution in [0.3, 0.4) is 0 Å². The topological polar surface area (TPSA) is 102 Å². The van der Waals surface area contributed by atoms with E-state index in [1.165, 1.54) is 11.8 Å². The van der Waals surface area contributed by atoms with Crippen LogP contribution in [0.1, 0.15) is 32.2 Å². The maximum atomic E-state index is 12.7. The molecule has 0 saturated carbocycles. The van der Waals surface area contributed by atoms with Crippen molar-refractivity contribution in [2.24, 2.45) is 0 Å². The number of ether oxygens (including phenoxy) is 1. The lowest BCUT2D eigenvalue weighted by Gasteiger charge is -2.20. The molecular formula is C18H26N4O4S. The third kappa shape index (κ3) is 5.08. The van der Waals surface area contributed by atoms with Gasteiger partial charge in [-0.3, -0.25) is 9.48 Å². The zero-order valence-electron chi connectivity index (χ0n) is 16.5. The van der Waals surface area contributed by atoms with E-state index in [1.54, 1.807) is 58.9 Å². The number of aromatic nitrogens is 2. The van der Waals surface area contributed by atoms with E-state index in [0.29, 0.717) is 22.8 Å². The van der Waals surface area contributed by atoms with Crippen LogP contribution >= 0.6 is 0 Å². The first-order valence-electron chi connectivity index (χ1n) is 8.45. The summed E-state index contributed by atoms with van der Waals surface area (Å²) in [6.45, 7) is 8.42. The molecule has 9 heteroatoms. The summed E-state index contributed by atoms with van der Waals surface area (Å²) in [5.74, 6) is 0.203. The Morgan fingerprint density at radius 3 is 2.44 bits per heavy atom. The molecule has 0 radical (unpaired) electrons. The van der Waals surface area contributed by atoms with Crippen LogP contribution in [-0.4, -0.2) is 36.8 Å². The maximum absolute atomic E-state index is 12.7. The fourth-order valence-electron chi connectivity index (χ4n) is 2.75. The van der Waals surface area contributed by atoms with Crippen molar-refractivity contribution in [2.75, 3.05) is 12.4 Å². The number of nitrogens with zero attached hydrogens (tertiary/aromatic N) is 2. The Bertz CT molecular complexity index is 943. The average Bonchev–Trinajstić information content (AvgIpc) is 2.79. The monoisotopic (exact) mass is 394 g/mol. The number of rotatable bonds is 6. The van der Waals surface area contributed by atoms with E-state index in [2.05, 4.69) is 15.1 Å². The molecule has 1 aromatic carbocycles. The van der Waals surface area contributed by atoms with Gasteiger partial charge in [-0.25, -0.2) is 13.1 Å². The Balaban J connectivity index is 2.25. The Morgan fingerprint density at radius 2 is 1.85 bits per heavy atom. The van der Waals surface area contributed by atoms with Crippen molar-refractivity contribution in [3.63, 3.8) is 0 Å². The van der Waals surface area contributed by atoms with Crippen LogP contribution in [-0.2, 0) is 21.4 Å². The number of hydrogen-bond donors (Lipinski definition) is 2. The van der Waals surface area contributed by atoms with Gasteiger partial charge in [-0.2, -0.15) is 5.10 Å². The van der Waals surface area contributed by atoms with Crippen LogP contribution in [0, 0.1) is 13.8 Å². The Labute approximate surface area is 160 Å². The molecule has 8 nitrogen and oxygen atoms in total. The number of amides is 1. The average molecular weight is 394 g/mol. The highest BCUT2D eigenvalue weighted by atomic mass is 32.2. The van der Waals surface area contributed by atoms with Gasteiger partial charge in [0.15, 0.2) is 0 Å². The normalized spacial score (nSPS) is 12.1. The number of methoxy groups -OCH3 is 1. The van der Waals surface area contributed by atoms with Crippen molar-refractivity contribution in [2.45, 2.75) is 51.6 Å². The van der Waals surface area contributed by atoms with Crippen LogP contribution < -0.4 is 14.8 Å². The number of carbonyl (C=O) groups excluding carboxylic acids is 1. The molecule has 0 bridgehead atoms. The number of sulfonamides is 1. The molecule has 2 N–H and O–H groups in total. The van der Waals surface area contributed by atoms with E-state index in [1.807, 2.05) is 0 Å². The molecule has 2 aromatic rings. The molecule has 0 aliphatic heterocycles. The van der Waals surface area contributed by atoms with Gasteiger partial charge >= 0.3 is 0 Å². The van der Waals surface area contributed by atoms with Crippen LogP contribution in [0.4, 0.5) is 5.69 Å². The molecule has 0 saturated heterocycles. The van der Waals surface area contributed by atoms with Crippen molar-refractivity contribution >= 4 is 21.6 Å². The zero-order chi connectivity index (χ0) is 20.4. The highest BCUT2D eigenvalue weighted by Gasteiger charge is 2.29. The quantitative estimate of drug-likeness (QED) is 0.782. The molecule has 2 rings (SSSR count). The molecular weight excluding hydrogens is 368 g/mol. The van der Waals surface area contributed by atoms with E-state index in [0.717, 1.165) is 0 Å². The summed E-state index contributed by atoms with van der Waals surface area (Å²) in [5.41, 5.74) is 0.656. The standard InChI is InChI=1S/C18H26N4O4S/c1-12-17(27(24,25)21-18(3,4)5)13(2)22(20-12)11-16(23)19-14-9-7-8-10-15(14)26-6/h7-10,21H,11H2,1-6H3,(H,19,23). The SMILES string of the molecule is COc1ccccc1NC(=O)Cn1nc(C)c(S(=O)(=O)NC(C)(C)C)c1C. The summed E-state index contributed by atoms with van der Waals surface area (Å²) in [6.07, 6.45) is 0. The summed E-state index contributed by atoms with van der Waals surface area (Å²) in [6, 6.07) is 7.04. The van der Waals surface area contributed by atoms with Crippen molar-refractivity contribution in [3.8, 4) is 5.75 Å². The lowest BCUT2D eigenvalue weighted by Crippen LogP contribution is -2.40. The van der Waals surface area contributed by atoms with Crippen molar-refractivity contribution in [3.05, 3.63) is 35.7 Å². The highest BCUT2D eigenvalue weighted by Crippen LogP contribution is 2.24. The number of para-hydroxylation sites is 2. The lowest BCUT2D eigenvalue weighted by atomic mass is 10.1. The summed E-state index contributed by atoms with van der Waals surface area (Å²) in [5, 5.41) is 6.99. The smallest absolute Gasteiger partial charge is 0.246 e. The van der Waals surface area contributed by atoms with Crippen molar-refractivity contribution in [1.29, 1.82) is 0 Å². The lowest BCUT2D eigenvalue weighted by molar-refractivity contribution is -0.117. The van der Waals surface area contributed by atoms with E-state index < -0.39 is 15.6 Å². The maximum Gasteiger partial charge on any atom is 0.246 e. The minimum Gasteiger partial charge on any atom is -0.495 e. The molecule has 0 aliphatic rings. The number of hydrogen-bond acceptors (Lipinski definition) is 5. The van der Waals surface area contributed by atoms with Gasteiger partial charge in [0.05, 0.1) is 24.2 Å². The van der Waals surface area contributed by atoms with Gasteiger partial charge in [0, 0.05) is 5.54 Å². The van der Waals surface area contributed by atoms with Gasteiger partial charge in [0.25, 0.3) is 0 Å². The van der Waals surface area contributed by atoms with Crippen LogP contribution in [0.15, 0.2) is 29.2 Å². The summed E-state index contributed by atoms with van der Waals surface area (Å²) in [4.78, 5) is 12.5. The molecule has 0 unspecified atom stereocenters. The molecule has 1 amide bonds. The first kappa shape index (κ1) is 20.9. The summed E-state index contributed by atoms with van der Waals surface area (Å²) in [7, 11) is -2.23. The number of benzene rings is 1. The largest absolute Gasteiger partial charge is 0.495 e. The first-order chi connectivity index (χ1) is 12.4. The van der Waals surface area contributed by atoms with Gasteiger partial charge < -0.3 is 10.1 Å². The summed E-state index contributed by atoms with van der Waals surface area (Å²) >= 11 is 0. The molecule has 1 aromatic heterocycles. The van der Waals surface area contributed by atoms with Crippen LogP contribution in [0.25, 0.3) is 0 Å². The van der Waals surface area contributed by atoms with Gasteiger partial charge in [-0.15, -0.1) is 0 Å². The molecule has 27 heavy (non-hydrogen) atoms. The van der Waals surface area contributed by atoms with E-state index >= 15 is 0 Å². The van der Waals surface area contributed by atoms with Crippen LogP contribution in [0.2, 0.25) is 0 Å². The summed E-state index contributed by atoms with van der Waals surface area (Å²) < 4.78 is 34.6. The van der Waals surface area contributed by atoms with Gasteiger partial charge in [-0.1, -0.05) is 12.1 Å². The molecule has 0 aliphatic carbocycles. The molecule has 0 spiro atoms. The fraction of sp³-hybridized carbons (Fsp3) is 0.444. The molecule has 148 valence electrons. The zero-order valence-corrected chi connectivity index (χ0v) is 17.3. The van der Waals surface area contributed by atoms with E-state index in [-0.39, 0.29) is 17.3 Å². The third-order valence-electron chi connectivity index (χ3n) is 3.70. The Morgan fingerprint density at radius 1 is 1.22 bits per heavy atom. The van der Waals surface area contributed by atoms with Crippen molar-refractivity contribution < 1.29 is 17.9 Å². The predicted molar refractivity (Wildman–Crippen MR) is 103 cm³/mol. The van der Waals surface area contributed by atoms with Gasteiger partial charge in [0.1, 0.15) is 17.2 Å². The number of nitrogens with one attached hydrogen (secondary N) is 2. The Hall–Kier alpha value is -2.39. The van der Waals surface area contributed by atoms with Crippen LogP contribution in [0.5, 0.6) is 5.75 Å². The van der Waals surface area contributed by atoms with Crippen molar-refractivity contribution in [1.82, 2.24) is 14.5 Å². The second kappa shape index (κ2) is 7.69. The highest BCUT2D eigenvalue weighted by molar-refractivity contribution is 7.89. The minimum absolute atomic E-state index is 0.0996. The fourth-order valence-corrected chi connectivity index (χ4v) is 4.58.